The second-order valence-corrected chi connectivity index (χ2v) is 11.2. The van der Waals surface area contributed by atoms with E-state index >= 15 is 0 Å². The Morgan fingerprint density at radius 2 is 0.953 bits per heavy atom. The molecule has 0 aliphatic carbocycles. The van der Waals surface area contributed by atoms with E-state index in [0.717, 1.165) is 0 Å². The van der Waals surface area contributed by atoms with E-state index in [1.165, 1.54) is 6.92 Å². The van der Waals surface area contributed by atoms with E-state index in [2.05, 4.69) is 26.6 Å². The highest BCUT2D eigenvalue weighted by molar-refractivity contribution is 7.80. The Balaban J connectivity index is 1.67. The van der Waals surface area contributed by atoms with Gasteiger partial charge in [-0.1, -0.05) is 0 Å². The number of amides is 1. The number of carbonyl (C=O) groups excluding carboxylic acids is 1. The second-order valence-electron chi connectivity index (χ2n) is 10.3. The van der Waals surface area contributed by atoms with E-state index in [0.29, 0.717) is 0 Å². The number of hydrogen-bond acceptors (Lipinski definition) is 16. The molecule has 16 N–H and O–H groups in total. The zero-order chi connectivity index (χ0) is 32.2. The van der Waals surface area contributed by atoms with Crippen LogP contribution < -0.4 is 32.3 Å². The molecule has 1 amide bonds. The van der Waals surface area contributed by atoms with Crippen LogP contribution in [0.4, 0.5) is 0 Å². The fraction of sp³-hybridized carbons (Fsp3) is 0.864. The summed E-state index contributed by atoms with van der Waals surface area (Å²) in [5.41, 5.74) is 5.80. The Labute approximate surface area is 256 Å². The number of thiocarbonyl (C=S) groups is 2. The van der Waals surface area contributed by atoms with Crippen molar-refractivity contribution in [1.29, 1.82) is 0 Å². The van der Waals surface area contributed by atoms with Crippen molar-refractivity contribution in [2.24, 2.45) is 5.73 Å². The molecule has 0 saturated carbocycles. The number of nitrogens with two attached hydrogens (primary N) is 1. The minimum absolute atomic E-state index is 0.252. The number of hydrogen-bond donors (Lipinski definition) is 15. The van der Waals surface area contributed by atoms with Gasteiger partial charge in [-0.3, -0.25) is 4.79 Å². The molecule has 0 spiro atoms. The second kappa shape index (κ2) is 15.6. The van der Waals surface area contributed by atoms with Gasteiger partial charge in [-0.25, -0.2) is 0 Å². The van der Waals surface area contributed by atoms with Crippen LogP contribution in [0.1, 0.15) is 6.92 Å². The molecule has 0 bridgehead atoms. The Kier molecular flexibility index (Phi) is 13.0. The average molecular weight is 661 g/mol. The zero-order valence-corrected chi connectivity index (χ0v) is 24.5. The van der Waals surface area contributed by atoms with Crippen molar-refractivity contribution in [2.45, 2.75) is 98.7 Å². The Hall–Kier alpha value is -1.67. The summed E-state index contributed by atoms with van der Waals surface area (Å²) in [6.45, 7) is -0.778. The monoisotopic (exact) mass is 660 g/mol. The summed E-state index contributed by atoms with van der Waals surface area (Å²) >= 11 is 10.5. The van der Waals surface area contributed by atoms with Crippen LogP contribution in [0.5, 0.6) is 0 Å². The van der Waals surface area contributed by atoms with Gasteiger partial charge in [0.25, 0.3) is 0 Å². The van der Waals surface area contributed by atoms with Gasteiger partial charge in [-0.05, 0) is 24.4 Å². The molecule has 3 rings (SSSR count). The van der Waals surface area contributed by atoms with Gasteiger partial charge in [-0.15, -0.1) is 0 Å². The summed E-state index contributed by atoms with van der Waals surface area (Å²) in [4.78, 5) is 11.5. The first kappa shape index (κ1) is 35.8. The van der Waals surface area contributed by atoms with E-state index in [4.69, 9.17) is 44.4 Å². The van der Waals surface area contributed by atoms with Gasteiger partial charge in [-0.2, -0.15) is 0 Å². The maximum atomic E-state index is 11.5. The van der Waals surface area contributed by atoms with Gasteiger partial charge in [0.05, 0.1) is 37.9 Å². The highest BCUT2D eigenvalue weighted by Crippen LogP contribution is 2.23. The third-order valence-electron chi connectivity index (χ3n) is 7.33. The summed E-state index contributed by atoms with van der Waals surface area (Å²) in [6.07, 6.45) is -16.6. The molecule has 3 fully saturated rings. The predicted octanol–water partition coefficient (Wildman–Crippen LogP) is -8.57. The van der Waals surface area contributed by atoms with Crippen molar-refractivity contribution >= 4 is 40.6 Å². The van der Waals surface area contributed by atoms with Gasteiger partial charge < -0.3 is 92.5 Å². The lowest BCUT2D eigenvalue weighted by atomic mass is 9.95. The smallest absolute Gasteiger partial charge is 0.218 e. The minimum Gasteiger partial charge on any atom is -0.394 e. The summed E-state index contributed by atoms with van der Waals surface area (Å²) in [6, 6.07) is -3.79. The first-order chi connectivity index (χ1) is 20.2. The largest absolute Gasteiger partial charge is 0.394 e. The van der Waals surface area contributed by atoms with Crippen LogP contribution in [0.3, 0.4) is 0 Å². The van der Waals surface area contributed by atoms with Crippen molar-refractivity contribution in [3.8, 4) is 0 Å². The fourth-order valence-electron chi connectivity index (χ4n) is 4.94. The number of ether oxygens (including phenoxy) is 3. The van der Waals surface area contributed by atoms with Crippen molar-refractivity contribution in [2.75, 3.05) is 19.8 Å². The molecule has 21 heteroatoms. The highest BCUT2D eigenvalue weighted by atomic mass is 32.1. The van der Waals surface area contributed by atoms with Gasteiger partial charge in [0.15, 0.2) is 28.9 Å². The van der Waals surface area contributed by atoms with Gasteiger partial charge in [0.1, 0.15) is 54.9 Å². The molecule has 0 aromatic carbocycles. The fourth-order valence-corrected chi connectivity index (χ4v) is 5.44. The highest BCUT2D eigenvalue weighted by Gasteiger charge is 2.48. The SMILES string of the molecule is CC(=O)N[C@@H]1O[C@H](CO)[C@@H](O)[C@H](NC(=S)N[C@@H]2O[C@H](CO)[C@@H](O)[C@H](NC(=S)N[C@@H]3O[C@H](CO)[C@@H](O)[C@H](N)[C@H]3O)[C@H]2O)[C@H]1O. The van der Waals surface area contributed by atoms with Gasteiger partial charge in [0.2, 0.25) is 5.91 Å². The molecule has 0 unspecified atom stereocenters. The Morgan fingerprint density at radius 3 is 1.33 bits per heavy atom. The van der Waals surface area contributed by atoms with Crippen LogP contribution >= 0.6 is 24.4 Å². The normalized spacial score (nSPS) is 43.3. The maximum Gasteiger partial charge on any atom is 0.218 e. The third-order valence-corrected chi connectivity index (χ3v) is 7.80. The molecule has 0 aromatic heterocycles. The lowest BCUT2D eigenvalue weighted by Gasteiger charge is -2.45. The third kappa shape index (κ3) is 8.33. The number of rotatable bonds is 8. The molecule has 3 aliphatic rings. The topological polar surface area (TPSA) is 313 Å². The quantitative estimate of drug-likeness (QED) is 0.107. The molecule has 248 valence electrons. The van der Waals surface area contributed by atoms with Gasteiger partial charge in [0, 0.05) is 6.92 Å². The molecule has 15 atom stereocenters. The summed E-state index contributed by atoms with van der Waals surface area (Å²) in [5, 5.41) is 104. The van der Waals surface area contributed by atoms with E-state index in [-0.39, 0.29) is 10.2 Å². The minimum atomic E-state index is -1.62. The molecule has 19 nitrogen and oxygen atoms in total. The van der Waals surface area contributed by atoms with E-state index in [9.17, 15) is 50.8 Å². The van der Waals surface area contributed by atoms with E-state index < -0.39 is 117 Å². The van der Waals surface area contributed by atoms with Crippen molar-refractivity contribution in [3.05, 3.63) is 0 Å². The van der Waals surface area contributed by atoms with Crippen LogP contribution in [0.15, 0.2) is 0 Å². The molecule has 0 radical (unpaired) electrons. The molecule has 3 heterocycles. The van der Waals surface area contributed by atoms with Crippen LogP contribution in [0, 0.1) is 0 Å². The number of nitrogens with one attached hydrogen (secondary N) is 5. The first-order valence-electron chi connectivity index (χ1n) is 13.3. The lowest BCUT2D eigenvalue weighted by Crippen LogP contribution is -2.72. The standard InChI is InChI=1S/C22H40N6O13S2/c1-5(32)24-19-16(37)10(13(34)7(3-30)40-19)25-22(43)28-20-17(38)11(14(35)8(4-31)41-20)26-21(42)27-18-15(36)9(23)12(33)6(2-29)39-18/h6-20,29-31,33-38H,2-4,23H2,1H3,(H,24,32)(H2,25,28,43)(H2,26,27,42)/t6-,7-,8-,9+,10+,11+,12-,13-,14-,15-,16-,17-,18-,19-,20-/m1/s1. The summed E-state index contributed by atoms with van der Waals surface area (Å²) < 4.78 is 16.3. The van der Waals surface area contributed by atoms with Crippen LogP contribution in [0.2, 0.25) is 0 Å². The van der Waals surface area contributed by atoms with Crippen molar-refractivity contribution < 1.29 is 65.0 Å². The maximum absolute atomic E-state index is 11.5. The Morgan fingerprint density at radius 1 is 0.605 bits per heavy atom. The molecule has 43 heavy (non-hydrogen) atoms. The molecule has 0 aromatic rings. The molecular weight excluding hydrogens is 620 g/mol. The van der Waals surface area contributed by atoms with Crippen LogP contribution in [-0.4, -0.2) is 174 Å². The molecular formula is C22H40N6O13S2. The molecule has 3 saturated heterocycles. The van der Waals surface area contributed by atoms with E-state index in [1.807, 2.05) is 0 Å². The average Bonchev–Trinajstić information content (AvgIpc) is 2.96. The number of aliphatic hydroxyl groups is 9. The van der Waals surface area contributed by atoms with Crippen molar-refractivity contribution in [3.63, 3.8) is 0 Å². The molecule has 3 aliphatic heterocycles. The van der Waals surface area contributed by atoms with Gasteiger partial charge >= 0.3 is 0 Å². The lowest BCUT2D eigenvalue weighted by molar-refractivity contribution is -0.203. The number of aliphatic hydroxyl groups excluding tert-OH is 9. The van der Waals surface area contributed by atoms with Crippen LogP contribution in [-0.2, 0) is 19.0 Å². The Bertz CT molecular complexity index is 975. The predicted molar refractivity (Wildman–Crippen MR) is 150 cm³/mol. The van der Waals surface area contributed by atoms with Crippen molar-refractivity contribution in [1.82, 2.24) is 26.6 Å². The van der Waals surface area contributed by atoms with Crippen LogP contribution in [0.25, 0.3) is 0 Å². The van der Waals surface area contributed by atoms with E-state index in [1.54, 1.807) is 0 Å². The summed E-state index contributed by atoms with van der Waals surface area (Å²) in [5.74, 6) is -0.548. The zero-order valence-electron chi connectivity index (χ0n) is 22.8. The number of carbonyl (C=O) groups is 1. The first-order valence-corrected chi connectivity index (χ1v) is 14.1. The summed E-state index contributed by atoms with van der Waals surface area (Å²) in [7, 11) is 0.